The summed E-state index contributed by atoms with van der Waals surface area (Å²) in [6, 6.07) is 11.6. The molecule has 0 fully saturated rings. The highest BCUT2D eigenvalue weighted by Gasteiger charge is 2.07. The van der Waals surface area contributed by atoms with Crippen molar-refractivity contribution >= 4 is 0 Å². The zero-order valence-electron chi connectivity index (χ0n) is 12.5. The average molecular weight is 271 g/mol. The smallest absolute Gasteiger partial charge is 0.124 e. The van der Waals surface area contributed by atoms with Gasteiger partial charge in [-0.05, 0) is 61.2 Å². The van der Waals surface area contributed by atoms with Gasteiger partial charge in [0.1, 0.15) is 5.82 Å². The Hall–Kier alpha value is -1.67. The van der Waals surface area contributed by atoms with Crippen LogP contribution >= 0.6 is 0 Å². The summed E-state index contributed by atoms with van der Waals surface area (Å²) in [4.78, 5) is 0. The van der Waals surface area contributed by atoms with Crippen molar-refractivity contribution in [2.75, 3.05) is 6.54 Å². The molecule has 0 radical (unpaired) electrons. The van der Waals surface area contributed by atoms with Gasteiger partial charge in [-0.15, -0.1) is 0 Å². The molecule has 2 aromatic rings. The number of benzene rings is 2. The molecule has 0 heterocycles. The molecule has 2 aromatic carbocycles. The molecule has 0 saturated carbocycles. The van der Waals surface area contributed by atoms with Gasteiger partial charge in [0.15, 0.2) is 0 Å². The first kappa shape index (κ1) is 14.7. The van der Waals surface area contributed by atoms with Gasteiger partial charge in [-0.25, -0.2) is 4.39 Å². The summed E-state index contributed by atoms with van der Waals surface area (Å²) in [5, 5.41) is 3.42. The third kappa shape index (κ3) is 3.67. The Kier molecular flexibility index (Phi) is 4.91. The molecule has 0 atom stereocenters. The SMILES string of the molecule is CCCNCc1ccc(C)cc1-c1cc(C)cc(F)c1. The van der Waals surface area contributed by atoms with Crippen molar-refractivity contribution in [3.63, 3.8) is 0 Å². The second-order valence-electron chi connectivity index (χ2n) is 5.35. The lowest BCUT2D eigenvalue weighted by molar-refractivity contribution is 0.627. The Morgan fingerprint density at radius 2 is 1.80 bits per heavy atom. The molecule has 106 valence electrons. The van der Waals surface area contributed by atoms with Crippen molar-refractivity contribution in [2.24, 2.45) is 0 Å². The molecule has 0 aliphatic rings. The number of aryl methyl sites for hydroxylation is 2. The Morgan fingerprint density at radius 3 is 2.50 bits per heavy atom. The van der Waals surface area contributed by atoms with Crippen LogP contribution in [-0.2, 0) is 6.54 Å². The molecule has 20 heavy (non-hydrogen) atoms. The van der Waals surface area contributed by atoms with Crippen LogP contribution in [0, 0.1) is 19.7 Å². The lowest BCUT2D eigenvalue weighted by Crippen LogP contribution is -2.14. The predicted molar refractivity (Wildman–Crippen MR) is 83.3 cm³/mol. The van der Waals surface area contributed by atoms with Gasteiger partial charge in [0.05, 0.1) is 0 Å². The molecule has 0 spiro atoms. The highest BCUT2D eigenvalue weighted by Crippen LogP contribution is 2.27. The molecule has 2 heteroatoms. The standard InChI is InChI=1S/C18H22FN/c1-4-7-20-12-15-6-5-13(2)10-18(15)16-8-14(3)9-17(19)11-16/h5-6,8-11,20H,4,7,12H2,1-3H3. The quantitative estimate of drug-likeness (QED) is 0.783. The summed E-state index contributed by atoms with van der Waals surface area (Å²) in [6.45, 7) is 7.96. The van der Waals surface area contributed by atoms with Crippen LogP contribution in [0.4, 0.5) is 4.39 Å². The normalized spacial score (nSPS) is 10.8. The van der Waals surface area contributed by atoms with Crippen molar-refractivity contribution in [3.05, 3.63) is 58.9 Å². The lowest BCUT2D eigenvalue weighted by Gasteiger charge is -2.13. The van der Waals surface area contributed by atoms with Crippen LogP contribution in [-0.4, -0.2) is 6.54 Å². The minimum Gasteiger partial charge on any atom is -0.313 e. The third-order valence-corrected chi connectivity index (χ3v) is 3.36. The first-order valence-electron chi connectivity index (χ1n) is 7.18. The Labute approximate surface area is 120 Å². The monoisotopic (exact) mass is 271 g/mol. The Balaban J connectivity index is 2.40. The maximum Gasteiger partial charge on any atom is 0.124 e. The van der Waals surface area contributed by atoms with E-state index in [2.05, 4.69) is 37.4 Å². The maximum atomic E-state index is 13.6. The minimum atomic E-state index is -0.172. The van der Waals surface area contributed by atoms with E-state index in [1.165, 1.54) is 11.1 Å². The van der Waals surface area contributed by atoms with Gasteiger partial charge >= 0.3 is 0 Å². The van der Waals surface area contributed by atoms with E-state index in [1.807, 2.05) is 13.0 Å². The number of hydrogen-bond donors (Lipinski definition) is 1. The van der Waals surface area contributed by atoms with E-state index < -0.39 is 0 Å². The molecule has 1 nitrogen and oxygen atoms in total. The second-order valence-corrected chi connectivity index (χ2v) is 5.35. The number of hydrogen-bond acceptors (Lipinski definition) is 1. The van der Waals surface area contributed by atoms with Crippen molar-refractivity contribution < 1.29 is 4.39 Å². The fraction of sp³-hybridized carbons (Fsp3) is 0.333. The first-order chi connectivity index (χ1) is 9.60. The second kappa shape index (κ2) is 6.67. The highest BCUT2D eigenvalue weighted by molar-refractivity contribution is 5.69. The van der Waals surface area contributed by atoms with E-state index in [4.69, 9.17) is 0 Å². The fourth-order valence-electron chi connectivity index (χ4n) is 2.40. The van der Waals surface area contributed by atoms with E-state index in [9.17, 15) is 4.39 Å². The van der Waals surface area contributed by atoms with Crippen molar-refractivity contribution in [2.45, 2.75) is 33.7 Å². The van der Waals surface area contributed by atoms with Gasteiger partial charge in [0, 0.05) is 6.54 Å². The van der Waals surface area contributed by atoms with Crippen LogP contribution in [0.25, 0.3) is 11.1 Å². The summed E-state index contributed by atoms with van der Waals surface area (Å²) in [5.74, 6) is -0.172. The minimum absolute atomic E-state index is 0.172. The summed E-state index contributed by atoms with van der Waals surface area (Å²) in [6.07, 6.45) is 1.11. The summed E-state index contributed by atoms with van der Waals surface area (Å²) >= 11 is 0. The van der Waals surface area contributed by atoms with Crippen LogP contribution in [0.5, 0.6) is 0 Å². The zero-order valence-corrected chi connectivity index (χ0v) is 12.5. The summed E-state index contributed by atoms with van der Waals surface area (Å²) in [7, 11) is 0. The topological polar surface area (TPSA) is 12.0 Å². The molecule has 0 aliphatic carbocycles. The van der Waals surface area contributed by atoms with Gasteiger partial charge < -0.3 is 5.32 Å². The first-order valence-corrected chi connectivity index (χ1v) is 7.18. The summed E-state index contributed by atoms with van der Waals surface area (Å²) in [5.41, 5.74) is 5.44. The van der Waals surface area contributed by atoms with Crippen LogP contribution in [0.2, 0.25) is 0 Å². The largest absolute Gasteiger partial charge is 0.313 e. The van der Waals surface area contributed by atoms with Gasteiger partial charge in [0.25, 0.3) is 0 Å². The highest BCUT2D eigenvalue weighted by atomic mass is 19.1. The fourth-order valence-corrected chi connectivity index (χ4v) is 2.40. The molecule has 0 amide bonds. The molecule has 0 bridgehead atoms. The van der Waals surface area contributed by atoms with Crippen LogP contribution < -0.4 is 5.32 Å². The van der Waals surface area contributed by atoms with Crippen LogP contribution in [0.3, 0.4) is 0 Å². The van der Waals surface area contributed by atoms with Gasteiger partial charge in [-0.2, -0.15) is 0 Å². The van der Waals surface area contributed by atoms with Crippen LogP contribution in [0.1, 0.15) is 30.0 Å². The van der Waals surface area contributed by atoms with Crippen LogP contribution in [0.15, 0.2) is 36.4 Å². The van der Waals surface area contributed by atoms with Crippen molar-refractivity contribution in [3.8, 4) is 11.1 Å². The molecule has 2 rings (SSSR count). The maximum absolute atomic E-state index is 13.6. The van der Waals surface area contributed by atoms with Gasteiger partial charge in [0.2, 0.25) is 0 Å². The predicted octanol–water partition coefficient (Wildman–Crippen LogP) is 4.61. The van der Waals surface area contributed by atoms with Gasteiger partial charge in [-0.3, -0.25) is 0 Å². The van der Waals surface area contributed by atoms with Crippen molar-refractivity contribution in [1.29, 1.82) is 0 Å². The molecule has 0 unspecified atom stereocenters. The Bertz CT molecular complexity index is 570. The molecule has 0 saturated heterocycles. The molecule has 0 aliphatic heterocycles. The summed E-state index contributed by atoms with van der Waals surface area (Å²) < 4.78 is 13.6. The van der Waals surface area contributed by atoms with E-state index in [0.717, 1.165) is 36.2 Å². The van der Waals surface area contributed by atoms with E-state index in [1.54, 1.807) is 12.1 Å². The van der Waals surface area contributed by atoms with E-state index >= 15 is 0 Å². The zero-order chi connectivity index (χ0) is 14.5. The Morgan fingerprint density at radius 1 is 1.00 bits per heavy atom. The third-order valence-electron chi connectivity index (χ3n) is 3.36. The molecule has 0 aromatic heterocycles. The van der Waals surface area contributed by atoms with Gasteiger partial charge in [-0.1, -0.05) is 36.8 Å². The molecular weight excluding hydrogens is 249 g/mol. The van der Waals surface area contributed by atoms with E-state index in [-0.39, 0.29) is 5.82 Å². The molecular formula is C18H22FN. The van der Waals surface area contributed by atoms with Crippen molar-refractivity contribution in [1.82, 2.24) is 5.32 Å². The number of halogens is 1. The van der Waals surface area contributed by atoms with E-state index in [0.29, 0.717) is 0 Å². The number of nitrogens with one attached hydrogen (secondary N) is 1. The molecule has 1 N–H and O–H groups in total. The average Bonchev–Trinajstić information content (AvgIpc) is 2.39. The lowest BCUT2D eigenvalue weighted by atomic mass is 9.96. The number of rotatable bonds is 5.